The van der Waals surface area contributed by atoms with E-state index in [1.54, 1.807) is 0 Å². The molecule has 0 aromatic heterocycles. The second kappa shape index (κ2) is 4.17. The van der Waals surface area contributed by atoms with Gasteiger partial charge < -0.3 is 5.11 Å². The predicted molar refractivity (Wildman–Crippen MR) is 51.6 cm³/mol. The van der Waals surface area contributed by atoms with E-state index in [4.69, 9.17) is 5.11 Å². The maximum atomic E-state index is 11.0. The molecule has 70 valence electrons. The second-order valence-electron chi connectivity index (χ2n) is 3.66. The van der Waals surface area contributed by atoms with Crippen LogP contribution < -0.4 is 0 Å². The number of hydrogen-bond acceptors (Lipinski definition) is 2. The van der Waals surface area contributed by atoms with Crippen LogP contribution in [0.3, 0.4) is 0 Å². The lowest BCUT2D eigenvalue weighted by molar-refractivity contribution is -0.148. The second-order valence-corrected chi connectivity index (χ2v) is 3.97. The molecule has 0 aliphatic heterocycles. The lowest BCUT2D eigenvalue weighted by Gasteiger charge is -2.25. The molecule has 1 fully saturated rings. The number of rotatable bonds is 2. The van der Waals surface area contributed by atoms with Gasteiger partial charge in [0, 0.05) is 5.75 Å². The monoisotopic (exact) mass is 188 g/mol. The molecule has 0 aromatic carbocycles. The van der Waals surface area contributed by atoms with E-state index in [0.717, 1.165) is 25.7 Å². The summed E-state index contributed by atoms with van der Waals surface area (Å²) in [6.07, 6.45) is 6.09. The predicted octanol–water partition coefficient (Wildman–Crippen LogP) is 2.34. The average molecular weight is 188 g/mol. The van der Waals surface area contributed by atoms with Gasteiger partial charge in [-0.15, -0.1) is 0 Å². The maximum Gasteiger partial charge on any atom is 0.310 e. The molecule has 1 aliphatic carbocycles. The zero-order valence-electron chi connectivity index (χ0n) is 7.25. The van der Waals surface area contributed by atoms with E-state index in [2.05, 4.69) is 12.6 Å². The normalized spacial score (nSPS) is 23.1. The fourth-order valence-electron chi connectivity index (χ4n) is 1.84. The van der Waals surface area contributed by atoms with Crippen molar-refractivity contribution in [1.29, 1.82) is 0 Å². The summed E-state index contributed by atoms with van der Waals surface area (Å²) in [7, 11) is 0. The van der Waals surface area contributed by atoms with E-state index in [1.807, 2.05) is 0 Å². The van der Waals surface area contributed by atoms with Crippen molar-refractivity contribution in [3.63, 3.8) is 0 Å². The maximum absolute atomic E-state index is 11.0. The van der Waals surface area contributed by atoms with Crippen LogP contribution in [0.5, 0.6) is 0 Å². The van der Waals surface area contributed by atoms with Gasteiger partial charge in [-0.2, -0.15) is 12.6 Å². The van der Waals surface area contributed by atoms with E-state index < -0.39 is 11.4 Å². The van der Waals surface area contributed by atoms with Gasteiger partial charge in [0.05, 0.1) is 5.41 Å². The number of aliphatic carboxylic acids is 1. The highest BCUT2D eigenvalue weighted by atomic mass is 32.1. The minimum absolute atomic E-state index is 0.488. The third-order valence-electron chi connectivity index (χ3n) is 2.82. The average Bonchev–Trinajstić information content (AvgIpc) is 2.29. The van der Waals surface area contributed by atoms with Crippen LogP contribution in [-0.4, -0.2) is 16.8 Å². The molecule has 1 saturated carbocycles. The fourth-order valence-corrected chi connectivity index (χ4v) is 2.30. The number of carboxylic acid groups (broad SMARTS) is 1. The molecule has 0 aromatic rings. The third kappa shape index (κ3) is 1.94. The van der Waals surface area contributed by atoms with Crippen LogP contribution >= 0.6 is 12.6 Å². The molecule has 2 nitrogen and oxygen atoms in total. The van der Waals surface area contributed by atoms with E-state index in [-0.39, 0.29) is 0 Å². The zero-order valence-corrected chi connectivity index (χ0v) is 8.15. The van der Waals surface area contributed by atoms with Crippen LogP contribution in [0.25, 0.3) is 0 Å². The van der Waals surface area contributed by atoms with Crippen molar-refractivity contribution in [1.82, 2.24) is 0 Å². The molecule has 0 bridgehead atoms. The fraction of sp³-hybridized carbons (Fsp3) is 0.889. The van der Waals surface area contributed by atoms with Gasteiger partial charge in [-0.1, -0.05) is 25.7 Å². The Bertz CT molecular complexity index is 160. The Balaban J connectivity index is 2.68. The van der Waals surface area contributed by atoms with Crippen molar-refractivity contribution >= 4 is 18.6 Å². The molecule has 1 N–H and O–H groups in total. The van der Waals surface area contributed by atoms with Crippen LogP contribution in [0.15, 0.2) is 0 Å². The molecular weight excluding hydrogens is 172 g/mol. The smallest absolute Gasteiger partial charge is 0.310 e. The highest BCUT2D eigenvalue weighted by Gasteiger charge is 2.36. The van der Waals surface area contributed by atoms with Crippen LogP contribution in [0.2, 0.25) is 0 Å². The van der Waals surface area contributed by atoms with Crippen molar-refractivity contribution in [2.45, 2.75) is 38.5 Å². The first-order chi connectivity index (χ1) is 5.71. The summed E-state index contributed by atoms with van der Waals surface area (Å²) >= 11 is 4.16. The van der Waals surface area contributed by atoms with Crippen LogP contribution in [-0.2, 0) is 4.79 Å². The largest absolute Gasteiger partial charge is 0.481 e. The molecule has 1 aliphatic rings. The zero-order chi connectivity index (χ0) is 9.03. The lowest BCUT2D eigenvalue weighted by atomic mass is 9.82. The molecular formula is C9H16O2S. The Hall–Kier alpha value is -0.180. The third-order valence-corrected chi connectivity index (χ3v) is 3.42. The van der Waals surface area contributed by atoms with Gasteiger partial charge in [-0.3, -0.25) is 4.79 Å². The van der Waals surface area contributed by atoms with Crippen molar-refractivity contribution in [3.8, 4) is 0 Å². The number of thiol groups is 1. The molecule has 1 rings (SSSR count). The van der Waals surface area contributed by atoms with Gasteiger partial charge in [0.15, 0.2) is 0 Å². The van der Waals surface area contributed by atoms with E-state index in [9.17, 15) is 4.79 Å². The highest BCUT2D eigenvalue weighted by molar-refractivity contribution is 7.80. The summed E-state index contributed by atoms with van der Waals surface area (Å²) in [5, 5.41) is 9.06. The summed E-state index contributed by atoms with van der Waals surface area (Å²) < 4.78 is 0. The summed E-state index contributed by atoms with van der Waals surface area (Å²) in [5.74, 6) is -0.165. The molecule has 0 atom stereocenters. The van der Waals surface area contributed by atoms with Crippen LogP contribution in [0.1, 0.15) is 38.5 Å². The number of hydrogen-bond donors (Lipinski definition) is 2. The first-order valence-corrected chi connectivity index (χ1v) is 5.19. The molecule has 3 heteroatoms. The van der Waals surface area contributed by atoms with Gasteiger partial charge >= 0.3 is 5.97 Å². The first kappa shape index (κ1) is 9.90. The van der Waals surface area contributed by atoms with Crippen molar-refractivity contribution in [2.75, 3.05) is 5.75 Å². The molecule has 0 unspecified atom stereocenters. The van der Waals surface area contributed by atoms with E-state index >= 15 is 0 Å². The minimum atomic E-state index is -0.653. The Morgan fingerprint density at radius 1 is 1.25 bits per heavy atom. The van der Waals surface area contributed by atoms with Gasteiger partial charge in [0.1, 0.15) is 0 Å². The molecule has 0 heterocycles. The van der Waals surface area contributed by atoms with Crippen LogP contribution in [0, 0.1) is 5.41 Å². The van der Waals surface area contributed by atoms with Gasteiger partial charge in [-0.05, 0) is 12.8 Å². The first-order valence-electron chi connectivity index (χ1n) is 4.55. The summed E-state index contributed by atoms with van der Waals surface area (Å²) in [6.45, 7) is 0. The Labute approximate surface area is 78.8 Å². The summed E-state index contributed by atoms with van der Waals surface area (Å²) in [6, 6.07) is 0. The van der Waals surface area contributed by atoms with Crippen molar-refractivity contribution in [3.05, 3.63) is 0 Å². The molecule has 12 heavy (non-hydrogen) atoms. The standard InChI is InChI=1S/C9H16O2S/c10-8(11)9(7-12)5-3-1-2-4-6-9/h12H,1-7H2,(H,10,11). The Morgan fingerprint density at radius 2 is 1.75 bits per heavy atom. The highest BCUT2D eigenvalue weighted by Crippen LogP contribution is 2.36. The van der Waals surface area contributed by atoms with E-state index in [0.29, 0.717) is 5.75 Å². The van der Waals surface area contributed by atoms with Gasteiger partial charge in [0.2, 0.25) is 0 Å². The molecule has 0 saturated heterocycles. The van der Waals surface area contributed by atoms with Crippen LogP contribution in [0.4, 0.5) is 0 Å². The molecule has 0 amide bonds. The number of carboxylic acids is 1. The quantitative estimate of drug-likeness (QED) is 0.515. The van der Waals surface area contributed by atoms with Gasteiger partial charge in [-0.25, -0.2) is 0 Å². The lowest BCUT2D eigenvalue weighted by Crippen LogP contribution is -2.32. The molecule has 0 spiro atoms. The Kier molecular flexibility index (Phi) is 3.44. The topological polar surface area (TPSA) is 37.3 Å². The summed E-state index contributed by atoms with van der Waals surface area (Å²) in [4.78, 5) is 11.0. The number of carbonyl (C=O) groups is 1. The van der Waals surface area contributed by atoms with E-state index in [1.165, 1.54) is 12.8 Å². The molecule has 0 radical (unpaired) electrons. The Morgan fingerprint density at radius 3 is 2.08 bits per heavy atom. The summed E-state index contributed by atoms with van der Waals surface area (Å²) in [5.41, 5.74) is -0.514. The SMILES string of the molecule is O=C(O)C1(CS)CCCCCC1. The van der Waals surface area contributed by atoms with Gasteiger partial charge in [0.25, 0.3) is 0 Å². The van der Waals surface area contributed by atoms with Crippen molar-refractivity contribution < 1.29 is 9.90 Å². The minimum Gasteiger partial charge on any atom is -0.481 e. The van der Waals surface area contributed by atoms with Crippen molar-refractivity contribution in [2.24, 2.45) is 5.41 Å².